The van der Waals surface area contributed by atoms with Gasteiger partial charge in [0.25, 0.3) is 0 Å². The molecule has 1 aliphatic heterocycles. The fourth-order valence-corrected chi connectivity index (χ4v) is 1.54. The first kappa shape index (κ1) is 13.4. The molecule has 0 atom stereocenters. The van der Waals surface area contributed by atoms with E-state index in [0.717, 1.165) is 26.1 Å². The number of rotatable bonds is 4. The molecule has 3 nitrogen and oxygen atoms in total. The zero-order valence-corrected chi connectivity index (χ0v) is 9.81. The predicted octanol–water partition coefficient (Wildman–Crippen LogP) is 1.63. The monoisotopic (exact) mass is 200 g/mol. The maximum atomic E-state index is 11.4. The van der Waals surface area contributed by atoms with Gasteiger partial charge < -0.3 is 10.2 Å². The van der Waals surface area contributed by atoms with E-state index >= 15 is 0 Å². The molecule has 0 spiro atoms. The molecule has 3 heteroatoms. The number of hydrogen-bond acceptors (Lipinski definition) is 2. The number of likely N-dealkylation sites (tertiary alicyclic amines) is 1. The number of amides is 1. The van der Waals surface area contributed by atoms with Gasteiger partial charge in [-0.2, -0.15) is 0 Å². The molecule has 1 fully saturated rings. The van der Waals surface area contributed by atoms with Gasteiger partial charge in [-0.05, 0) is 32.9 Å². The molecule has 1 amide bonds. The summed E-state index contributed by atoms with van der Waals surface area (Å²) in [7, 11) is 1.92. The Morgan fingerprint density at radius 1 is 1.29 bits per heavy atom. The molecular formula is C11H24N2O. The first-order valence-electron chi connectivity index (χ1n) is 5.77. The third kappa shape index (κ3) is 5.22. The van der Waals surface area contributed by atoms with Crippen LogP contribution in [-0.2, 0) is 4.79 Å². The number of carbonyl (C=O) groups excluding carboxylic acids is 1. The average molecular weight is 200 g/mol. The van der Waals surface area contributed by atoms with Crippen LogP contribution in [-0.4, -0.2) is 37.5 Å². The zero-order chi connectivity index (χ0) is 10.8. The molecule has 0 aromatic heterocycles. The van der Waals surface area contributed by atoms with Gasteiger partial charge in [0.15, 0.2) is 0 Å². The Balaban J connectivity index is 0.000000791. The van der Waals surface area contributed by atoms with Crippen LogP contribution in [0.3, 0.4) is 0 Å². The first-order chi connectivity index (χ1) is 6.84. The summed E-state index contributed by atoms with van der Waals surface area (Å²) in [5.74, 6) is 0.336. The zero-order valence-electron chi connectivity index (χ0n) is 9.81. The lowest BCUT2D eigenvalue weighted by atomic mass is 10.3. The summed E-state index contributed by atoms with van der Waals surface area (Å²) in [6, 6.07) is 0. The summed E-state index contributed by atoms with van der Waals surface area (Å²) in [4.78, 5) is 13.4. The van der Waals surface area contributed by atoms with E-state index < -0.39 is 0 Å². The van der Waals surface area contributed by atoms with Crippen LogP contribution in [0.4, 0.5) is 0 Å². The summed E-state index contributed by atoms with van der Waals surface area (Å²) in [5.41, 5.74) is 0. The van der Waals surface area contributed by atoms with Crippen molar-refractivity contribution in [3.8, 4) is 0 Å². The van der Waals surface area contributed by atoms with Crippen LogP contribution in [0.1, 0.15) is 39.5 Å². The molecular weight excluding hydrogens is 176 g/mol. The van der Waals surface area contributed by atoms with E-state index in [1.807, 2.05) is 25.8 Å². The Morgan fingerprint density at radius 2 is 1.86 bits per heavy atom. The Kier molecular flexibility index (Phi) is 8.64. The van der Waals surface area contributed by atoms with Crippen molar-refractivity contribution in [3.05, 3.63) is 0 Å². The largest absolute Gasteiger partial charge is 0.343 e. The van der Waals surface area contributed by atoms with Gasteiger partial charge in [-0.3, -0.25) is 4.79 Å². The topological polar surface area (TPSA) is 32.3 Å². The van der Waals surface area contributed by atoms with Gasteiger partial charge in [0.1, 0.15) is 0 Å². The maximum Gasteiger partial charge on any atom is 0.222 e. The highest BCUT2D eigenvalue weighted by atomic mass is 16.2. The minimum atomic E-state index is 0.336. The normalized spacial score (nSPS) is 14.9. The lowest BCUT2D eigenvalue weighted by Crippen LogP contribution is -2.28. The minimum absolute atomic E-state index is 0.336. The van der Waals surface area contributed by atoms with Crippen molar-refractivity contribution in [2.75, 3.05) is 26.7 Å². The van der Waals surface area contributed by atoms with E-state index in [4.69, 9.17) is 0 Å². The van der Waals surface area contributed by atoms with Gasteiger partial charge in [-0.15, -0.1) is 0 Å². The average Bonchev–Trinajstić information content (AvgIpc) is 2.74. The van der Waals surface area contributed by atoms with E-state index in [1.165, 1.54) is 12.8 Å². The standard InChI is InChI=1S/C9H18N2O.C2H6/c1-10-6-4-5-9(12)11-7-2-3-8-11;1-2/h10H,2-8H2,1H3;1-2H3. The Labute approximate surface area is 87.9 Å². The predicted molar refractivity (Wildman–Crippen MR) is 60.3 cm³/mol. The number of nitrogens with one attached hydrogen (secondary N) is 1. The molecule has 1 saturated heterocycles. The van der Waals surface area contributed by atoms with Gasteiger partial charge in [-0.25, -0.2) is 0 Å². The third-order valence-electron chi connectivity index (χ3n) is 2.28. The van der Waals surface area contributed by atoms with Crippen LogP contribution in [0.15, 0.2) is 0 Å². The lowest BCUT2D eigenvalue weighted by Gasteiger charge is -2.14. The molecule has 0 aliphatic carbocycles. The van der Waals surface area contributed by atoms with Crippen molar-refractivity contribution in [3.63, 3.8) is 0 Å². The SMILES string of the molecule is CC.CNCCCC(=O)N1CCCC1. The number of carbonyl (C=O) groups is 1. The summed E-state index contributed by atoms with van der Waals surface area (Å²) in [5, 5.41) is 3.04. The molecule has 1 N–H and O–H groups in total. The van der Waals surface area contributed by atoms with E-state index in [2.05, 4.69) is 5.32 Å². The molecule has 1 aliphatic rings. The van der Waals surface area contributed by atoms with Gasteiger partial charge in [0.2, 0.25) is 5.91 Å². The summed E-state index contributed by atoms with van der Waals surface area (Å²) >= 11 is 0. The third-order valence-corrected chi connectivity index (χ3v) is 2.28. The molecule has 0 aromatic carbocycles. The summed E-state index contributed by atoms with van der Waals surface area (Å²) in [6.07, 6.45) is 4.06. The molecule has 0 saturated carbocycles. The maximum absolute atomic E-state index is 11.4. The summed E-state index contributed by atoms with van der Waals surface area (Å²) in [6.45, 7) is 6.91. The smallest absolute Gasteiger partial charge is 0.222 e. The molecule has 0 unspecified atom stereocenters. The van der Waals surface area contributed by atoms with Crippen LogP contribution in [0.5, 0.6) is 0 Å². The Morgan fingerprint density at radius 3 is 2.36 bits per heavy atom. The molecule has 0 aromatic rings. The fraction of sp³-hybridized carbons (Fsp3) is 0.909. The van der Waals surface area contributed by atoms with Crippen LogP contribution in [0, 0.1) is 0 Å². The second kappa shape index (κ2) is 9.00. The Bertz CT molecular complexity index is 142. The second-order valence-corrected chi connectivity index (χ2v) is 3.30. The molecule has 1 rings (SSSR count). The van der Waals surface area contributed by atoms with Crippen LogP contribution < -0.4 is 5.32 Å². The van der Waals surface area contributed by atoms with Crippen molar-refractivity contribution in [2.45, 2.75) is 39.5 Å². The number of nitrogens with zero attached hydrogens (tertiary/aromatic N) is 1. The van der Waals surface area contributed by atoms with Gasteiger partial charge in [0.05, 0.1) is 0 Å². The molecule has 0 bridgehead atoms. The van der Waals surface area contributed by atoms with Gasteiger partial charge in [-0.1, -0.05) is 13.8 Å². The molecule has 84 valence electrons. The molecule has 0 radical (unpaired) electrons. The Hall–Kier alpha value is -0.570. The highest BCUT2D eigenvalue weighted by Crippen LogP contribution is 2.09. The van der Waals surface area contributed by atoms with E-state index in [9.17, 15) is 4.79 Å². The second-order valence-electron chi connectivity index (χ2n) is 3.30. The highest BCUT2D eigenvalue weighted by molar-refractivity contribution is 5.76. The molecule has 14 heavy (non-hydrogen) atoms. The van der Waals surface area contributed by atoms with E-state index in [-0.39, 0.29) is 0 Å². The number of hydrogen-bond donors (Lipinski definition) is 1. The first-order valence-corrected chi connectivity index (χ1v) is 5.77. The van der Waals surface area contributed by atoms with Crippen molar-refractivity contribution >= 4 is 5.91 Å². The van der Waals surface area contributed by atoms with E-state index in [0.29, 0.717) is 12.3 Å². The van der Waals surface area contributed by atoms with Gasteiger partial charge in [0, 0.05) is 19.5 Å². The van der Waals surface area contributed by atoms with Crippen molar-refractivity contribution in [2.24, 2.45) is 0 Å². The lowest BCUT2D eigenvalue weighted by molar-refractivity contribution is -0.130. The quantitative estimate of drug-likeness (QED) is 0.700. The highest BCUT2D eigenvalue weighted by Gasteiger charge is 2.16. The van der Waals surface area contributed by atoms with E-state index in [1.54, 1.807) is 0 Å². The van der Waals surface area contributed by atoms with Gasteiger partial charge >= 0.3 is 0 Å². The fourth-order valence-electron chi connectivity index (χ4n) is 1.54. The minimum Gasteiger partial charge on any atom is -0.343 e. The summed E-state index contributed by atoms with van der Waals surface area (Å²) < 4.78 is 0. The van der Waals surface area contributed by atoms with Crippen molar-refractivity contribution in [1.29, 1.82) is 0 Å². The van der Waals surface area contributed by atoms with Crippen molar-refractivity contribution < 1.29 is 4.79 Å². The molecule has 1 heterocycles. The van der Waals surface area contributed by atoms with Crippen LogP contribution in [0.25, 0.3) is 0 Å². The van der Waals surface area contributed by atoms with Crippen LogP contribution >= 0.6 is 0 Å². The van der Waals surface area contributed by atoms with Crippen LogP contribution in [0.2, 0.25) is 0 Å². The van der Waals surface area contributed by atoms with Crippen molar-refractivity contribution in [1.82, 2.24) is 10.2 Å².